The van der Waals surface area contributed by atoms with Crippen LogP contribution in [-0.4, -0.2) is 7.11 Å². The van der Waals surface area contributed by atoms with E-state index < -0.39 is 0 Å². The summed E-state index contributed by atoms with van der Waals surface area (Å²) in [5.74, 6) is 0.820. The first-order chi connectivity index (χ1) is 13.8. The molecular formula is C25H20BrNO. The van der Waals surface area contributed by atoms with Crippen LogP contribution in [-0.2, 0) is 0 Å². The van der Waals surface area contributed by atoms with E-state index >= 15 is 0 Å². The molecule has 1 N–H and O–H groups in total. The zero-order valence-corrected chi connectivity index (χ0v) is 17.1. The van der Waals surface area contributed by atoms with E-state index in [0.29, 0.717) is 0 Å². The van der Waals surface area contributed by atoms with Crippen LogP contribution in [0.15, 0.2) is 102 Å². The Morgan fingerprint density at radius 1 is 0.643 bits per heavy atom. The van der Waals surface area contributed by atoms with Crippen molar-refractivity contribution in [3.8, 4) is 28.0 Å². The summed E-state index contributed by atoms with van der Waals surface area (Å²) >= 11 is 3.68. The minimum Gasteiger partial charge on any atom is -0.497 e. The number of nitrogens with one attached hydrogen (secondary N) is 1. The van der Waals surface area contributed by atoms with E-state index in [1.165, 1.54) is 0 Å². The van der Waals surface area contributed by atoms with Gasteiger partial charge >= 0.3 is 0 Å². The van der Waals surface area contributed by atoms with Gasteiger partial charge in [0.25, 0.3) is 0 Å². The van der Waals surface area contributed by atoms with Crippen molar-refractivity contribution in [3.63, 3.8) is 0 Å². The second kappa shape index (κ2) is 8.32. The molecule has 0 aliphatic rings. The highest BCUT2D eigenvalue weighted by atomic mass is 79.9. The quantitative estimate of drug-likeness (QED) is 0.353. The Morgan fingerprint density at radius 3 is 2.07 bits per heavy atom. The van der Waals surface area contributed by atoms with Gasteiger partial charge in [0.2, 0.25) is 0 Å². The van der Waals surface area contributed by atoms with Crippen LogP contribution >= 0.6 is 15.9 Å². The number of anilines is 2. The number of rotatable bonds is 5. The number of ether oxygens (including phenoxy) is 1. The molecule has 0 amide bonds. The van der Waals surface area contributed by atoms with Crippen LogP contribution in [0, 0.1) is 0 Å². The SMILES string of the molecule is COc1ccc(-c2ccccc2)c(Nc2ccccc2-c2ccccc2Br)c1. The third-order valence-corrected chi connectivity index (χ3v) is 5.36. The van der Waals surface area contributed by atoms with Gasteiger partial charge in [-0.3, -0.25) is 0 Å². The summed E-state index contributed by atoms with van der Waals surface area (Å²) in [6.45, 7) is 0. The maximum Gasteiger partial charge on any atom is 0.120 e. The lowest BCUT2D eigenvalue weighted by molar-refractivity contribution is 0.415. The highest BCUT2D eigenvalue weighted by molar-refractivity contribution is 9.10. The van der Waals surface area contributed by atoms with Crippen molar-refractivity contribution in [2.24, 2.45) is 0 Å². The molecule has 0 unspecified atom stereocenters. The van der Waals surface area contributed by atoms with Crippen molar-refractivity contribution >= 4 is 27.3 Å². The van der Waals surface area contributed by atoms with Gasteiger partial charge in [-0.1, -0.05) is 82.7 Å². The summed E-state index contributed by atoms with van der Waals surface area (Å²) in [7, 11) is 1.69. The molecule has 0 radical (unpaired) electrons. The first kappa shape index (κ1) is 18.3. The van der Waals surface area contributed by atoms with Gasteiger partial charge in [0, 0.05) is 27.4 Å². The Hall–Kier alpha value is -3.04. The van der Waals surface area contributed by atoms with Gasteiger partial charge in [-0.2, -0.15) is 0 Å². The predicted octanol–water partition coefficient (Wildman–Crippen LogP) is 7.54. The monoisotopic (exact) mass is 429 g/mol. The smallest absolute Gasteiger partial charge is 0.120 e. The van der Waals surface area contributed by atoms with E-state index in [4.69, 9.17) is 4.74 Å². The van der Waals surface area contributed by atoms with Gasteiger partial charge in [0.1, 0.15) is 5.75 Å². The molecule has 0 heterocycles. The second-order valence-electron chi connectivity index (χ2n) is 6.43. The maximum absolute atomic E-state index is 5.47. The number of hydrogen-bond acceptors (Lipinski definition) is 2. The molecule has 4 aromatic rings. The fourth-order valence-corrected chi connectivity index (χ4v) is 3.77. The molecule has 3 heteroatoms. The summed E-state index contributed by atoms with van der Waals surface area (Å²) in [6.07, 6.45) is 0. The molecule has 28 heavy (non-hydrogen) atoms. The molecule has 0 aliphatic carbocycles. The molecule has 138 valence electrons. The zero-order chi connectivity index (χ0) is 19.3. The molecule has 4 rings (SSSR count). The van der Waals surface area contributed by atoms with Crippen molar-refractivity contribution in [2.75, 3.05) is 12.4 Å². The predicted molar refractivity (Wildman–Crippen MR) is 121 cm³/mol. The van der Waals surface area contributed by atoms with Crippen LogP contribution in [0.25, 0.3) is 22.3 Å². The van der Waals surface area contributed by atoms with E-state index in [1.54, 1.807) is 7.11 Å². The summed E-state index contributed by atoms with van der Waals surface area (Å²) in [5.41, 5.74) is 6.62. The number of hydrogen-bond donors (Lipinski definition) is 1. The van der Waals surface area contributed by atoms with E-state index in [2.05, 4.69) is 88.0 Å². The van der Waals surface area contributed by atoms with Crippen molar-refractivity contribution in [2.45, 2.75) is 0 Å². The maximum atomic E-state index is 5.47. The fourth-order valence-electron chi connectivity index (χ4n) is 3.27. The average Bonchev–Trinajstić information content (AvgIpc) is 2.75. The van der Waals surface area contributed by atoms with Gasteiger partial charge in [0.15, 0.2) is 0 Å². The van der Waals surface area contributed by atoms with Gasteiger partial charge in [-0.25, -0.2) is 0 Å². The zero-order valence-electron chi connectivity index (χ0n) is 15.5. The lowest BCUT2D eigenvalue weighted by atomic mass is 10.0. The third kappa shape index (κ3) is 3.80. The van der Waals surface area contributed by atoms with Crippen molar-refractivity contribution in [3.05, 3.63) is 102 Å². The number of methoxy groups -OCH3 is 1. The van der Waals surface area contributed by atoms with Crippen molar-refractivity contribution in [1.29, 1.82) is 0 Å². The van der Waals surface area contributed by atoms with Crippen LogP contribution in [0.2, 0.25) is 0 Å². The molecule has 4 aromatic carbocycles. The summed E-state index contributed by atoms with van der Waals surface area (Å²) in [6, 6.07) is 33.1. The first-order valence-electron chi connectivity index (χ1n) is 9.10. The molecule has 0 saturated heterocycles. The van der Waals surface area contributed by atoms with Crippen LogP contribution in [0.5, 0.6) is 5.75 Å². The fraction of sp³-hybridized carbons (Fsp3) is 0.0400. The molecular weight excluding hydrogens is 410 g/mol. The third-order valence-electron chi connectivity index (χ3n) is 4.67. The largest absolute Gasteiger partial charge is 0.497 e. The Balaban J connectivity index is 1.81. The highest BCUT2D eigenvalue weighted by Gasteiger charge is 2.11. The number of benzene rings is 4. The van der Waals surface area contributed by atoms with Crippen LogP contribution in [0.3, 0.4) is 0 Å². The molecule has 0 saturated carbocycles. The molecule has 0 bridgehead atoms. The van der Waals surface area contributed by atoms with Gasteiger partial charge in [-0.15, -0.1) is 0 Å². The lowest BCUT2D eigenvalue weighted by Gasteiger charge is -2.17. The average molecular weight is 430 g/mol. The van der Waals surface area contributed by atoms with Crippen LogP contribution < -0.4 is 10.1 Å². The standard InChI is InChI=1S/C25H20BrNO/c1-28-19-15-16-20(18-9-3-2-4-10-18)25(17-19)27-24-14-8-6-12-22(24)21-11-5-7-13-23(21)26/h2-17,27H,1H3. The van der Waals surface area contributed by atoms with Crippen LogP contribution in [0.1, 0.15) is 0 Å². The number of para-hydroxylation sites is 1. The minimum absolute atomic E-state index is 0.820. The Labute approximate surface area is 173 Å². The summed E-state index contributed by atoms with van der Waals surface area (Å²) in [5, 5.41) is 3.64. The Bertz CT molecular complexity index is 1090. The van der Waals surface area contributed by atoms with E-state index in [0.717, 1.165) is 43.9 Å². The van der Waals surface area contributed by atoms with E-state index in [9.17, 15) is 0 Å². The normalized spacial score (nSPS) is 10.5. The molecule has 0 aliphatic heterocycles. The second-order valence-corrected chi connectivity index (χ2v) is 7.28. The van der Waals surface area contributed by atoms with Crippen molar-refractivity contribution in [1.82, 2.24) is 0 Å². The van der Waals surface area contributed by atoms with Gasteiger partial charge in [0.05, 0.1) is 12.8 Å². The Kier molecular flexibility index (Phi) is 5.45. The lowest BCUT2D eigenvalue weighted by Crippen LogP contribution is -1.97. The minimum atomic E-state index is 0.820. The Morgan fingerprint density at radius 2 is 1.32 bits per heavy atom. The molecule has 0 atom stereocenters. The molecule has 0 fully saturated rings. The molecule has 0 spiro atoms. The van der Waals surface area contributed by atoms with Crippen LogP contribution in [0.4, 0.5) is 11.4 Å². The first-order valence-corrected chi connectivity index (χ1v) is 9.90. The van der Waals surface area contributed by atoms with E-state index in [-0.39, 0.29) is 0 Å². The van der Waals surface area contributed by atoms with Crippen molar-refractivity contribution < 1.29 is 4.74 Å². The molecule has 0 aromatic heterocycles. The topological polar surface area (TPSA) is 21.3 Å². The summed E-state index contributed by atoms with van der Waals surface area (Å²) in [4.78, 5) is 0. The van der Waals surface area contributed by atoms with E-state index in [1.807, 2.05) is 30.3 Å². The van der Waals surface area contributed by atoms with Gasteiger partial charge < -0.3 is 10.1 Å². The highest BCUT2D eigenvalue weighted by Crippen LogP contribution is 2.38. The number of halogens is 1. The van der Waals surface area contributed by atoms with Gasteiger partial charge in [-0.05, 0) is 35.4 Å². The summed E-state index contributed by atoms with van der Waals surface area (Å²) < 4.78 is 6.54. The molecule has 2 nitrogen and oxygen atoms in total.